The second kappa shape index (κ2) is 4.97. The lowest BCUT2D eigenvalue weighted by Gasteiger charge is -2.12. The second-order valence-corrected chi connectivity index (χ2v) is 6.07. The summed E-state index contributed by atoms with van der Waals surface area (Å²) in [5.74, 6) is 1.02. The summed E-state index contributed by atoms with van der Waals surface area (Å²) in [4.78, 5) is 4.37. The number of aromatic nitrogens is 2. The summed E-state index contributed by atoms with van der Waals surface area (Å²) in [7, 11) is 0. The molecule has 3 heteroatoms. The zero-order valence-electron chi connectivity index (χ0n) is 11.8. The third-order valence-corrected chi connectivity index (χ3v) is 4.54. The van der Waals surface area contributed by atoms with Crippen molar-refractivity contribution in [2.45, 2.75) is 38.6 Å². The van der Waals surface area contributed by atoms with E-state index in [2.05, 4.69) is 33.1 Å². The lowest BCUT2D eigenvalue weighted by atomic mass is 10.1. The number of para-hydroxylation sites is 1. The Kier molecular flexibility index (Phi) is 2.98. The molecule has 1 fully saturated rings. The fraction of sp³-hybridized carbons (Fsp3) is 0.471. The minimum absolute atomic E-state index is 1.02. The van der Waals surface area contributed by atoms with Gasteiger partial charge in [0.15, 0.2) is 0 Å². The molecule has 2 aliphatic rings. The molecule has 0 radical (unpaired) electrons. The minimum Gasteiger partial charge on any atom is -0.384 e. The van der Waals surface area contributed by atoms with E-state index in [4.69, 9.17) is 0 Å². The summed E-state index contributed by atoms with van der Waals surface area (Å²) in [6, 6.07) is 6.61. The molecule has 20 heavy (non-hydrogen) atoms. The second-order valence-electron chi connectivity index (χ2n) is 6.07. The fourth-order valence-electron chi connectivity index (χ4n) is 3.23. The number of rotatable bonds is 5. The Morgan fingerprint density at radius 1 is 1.30 bits per heavy atom. The van der Waals surface area contributed by atoms with Crippen molar-refractivity contribution >= 4 is 5.69 Å². The van der Waals surface area contributed by atoms with Gasteiger partial charge in [-0.2, -0.15) is 0 Å². The minimum atomic E-state index is 1.02. The molecule has 0 atom stereocenters. The molecule has 2 heterocycles. The molecular weight excluding hydrogens is 246 g/mol. The van der Waals surface area contributed by atoms with E-state index in [1.54, 1.807) is 0 Å². The summed E-state index contributed by atoms with van der Waals surface area (Å²) in [6.45, 7) is 2.15. The van der Waals surface area contributed by atoms with Gasteiger partial charge < -0.3 is 9.88 Å². The maximum absolute atomic E-state index is 4.37. The molecule has 0 bridgehead atoms. The lowest BCUT2D eigenvalue weighted by molar-refractivity contribution is 0.580. The molecule has 1 aromatic heterocycles. The molecule has 0 spiro atoms. The standard InChI is InChI=1S/C17H21N3/c1-4-14-8-9-19-17(14)15(5-1)16-11-18-12-20(16)10-2-3-13-6-7-13/h1,4-5,11-13,19H,2-3,6-10H2. The number of hydrogen-bond donors (Lipinski definition) is 1. The van der Waals surface area contributed by atoms with Gasteiger partial charge in [0.05, 0.1) is 18.2 Å². The van der Waals surface area contributed by atoms with Crippen LogP contribution >= 0.6 is 0 Å². The van der Waals surface area contributed by atoms with Crippen molar-refractivity contribution in [3.8, 4) is 11.3 Å². The first-order valence-electron chi connectivity index (χ1n) is 7.78. The van der Waals surface area contributed by atoms with Gasteiger partial charge in [-0.1, -0.05) is 31.0 Å². The molecule has 4 rings (SSSR count). The quantitative estimate of drug-likeness (QED) is 0.895. The van der Waals surface area contributed by atoms with Crippen molar-refractivity contribution in [1.82, 2.24) is 9.55 Å². The van der Waals surface area contributed by atoms with Gasteiger partial charge in [-0.3, -0.25) is 0 Å². The van der Waals surface area contributed by atoms with Gasteiger partial charge in [0.25, 0.3) is 0 Å². The van der Waals surface area contributed by atoms with E-state index in [0.29, 0.717) is 0 Å². The SMILES string of the molecule is c1cc2c(c(-c3cncn3CCCC3CC3)c1)NCC2. The van der Waals surface area contributed by atoms with Crippen molar-refractivity contribution in [3.63, 3.8) is 0 Å². The molecule has 104 valence electrons. The maximum Gasteiger partial charge on any atom is 0.0950 e. The van der Waals surface area contributed by atoms with Crippen LogP contribution in [-0.4, -0.2) is 16.1 Å². The van der Waals surface area contributed by atoms with Gasteiger partial charge >= 0.3 is 0 Å². The average molecular weight is 267 g/mol. The molecule has 1 N–H and O–H groups in total. The van der Waals surface area contributed by atoms with Crippen molar-refractivity contribution in [2.75, 3.05) is 11.9 Å². The van der Waals surface area contributed by atoms with E-state index in [0.717, 1.165) is 25.4 Å². The van der Waals surface area contributed by atoms with E-state index in [-0.39, 0.29) is 0 Å². The number of aryl methyl sites for hydroxylation is 1. The Bertz CT molecular complexity index is 610. The van der Waals surface area contributed by atoms with Crippen LogP contribution in [0.25, 0.3) is 11.3 Å². The number of hydrogen-bond acceptors (Lipinski definition) is 2. The van der Waals surface area contributed by atoms with Crippen LogP contribution in [0.2, 0.25) is 0 Å². The third-order valence-electron chi connectivity index (χ3n) is 4.54. The highest BCUT2D eigenvalue weighted by molar-refractivity contribution is 5.79. The first-order chi connectivity index (χ1) is 9.92. The van der Waals surface area contributed by atoms with E-state index < -0.39 is 0 Å². The molecule has 1 saturated carbocycles. The largest absolute Gasteiger partial charge is 0.384 e. The molecule has 0 unspecified atom stereocenters. The van der Waals surface area contributed by atoms with Gasteiger partial charge in [-0.25, -0.2) is 4.98 Å². The summed E-state index contributed by atoms with van der Waals surface area (Å²) >= 11 is 0. The number of nitrogens with zero attached hydrogens (tertiary/aromatic N) is 2. The van der Waals surface area contributed by atoms with Crippen LogP contribution in [0.4, 0.5) is 5.69 Å². The normalized spacial score (nSPS) is 17.0. The number of imidazole rings is 1. The average Bonchev–Trinajstić information content (AvgIpc) is 2.99. The van der Waals surface area contributed by atoms with Crippen LogP contribution < -0.4 is 5.32 Å². The van der Waals surface area contributed by atoms with Crippen molar-refractivity contribution < 1.29 is 0 Å². The molecule has 0 amide bonds. The number of benzene rings is 1. The zero-order chi connectivity index (χ0) is 13.4. The predicted molar refractivity (Wildman–Crippen MR) is 81.8 cm³/mol. The molecule has 2 aromatic rings. The van der Waals surface area contributed by atoms with E-state index >= 15 is 0 Å². The van der Waals surface area contributed by atoms with Gasteiger partial charge in [-0.05, 0) is 30.7 Å². The number of fused-ring (bicyclic) bond motifs is 1. The number of anilines is 1. The van der Waals surface area contributed by atoms with Crippen molar-refractivity contribution in [3.05, 3.63) is 36.3 Å². The summed E-state index contributed by atoms with van der Waals surface area (Å²) < 4.78 is 2.32. The van der Waals surface area contributed by atoms with Crippen LogP contribution in [0.1, 0.15) is 31.2 Å². The Morgan fingerprint density at radius 2 is 2.25 bits per heavy atom. The summed E-state index contributed by atoms with van der Waals surface area (Å²) in [6.07, 6.45) is 10.7. The monoisotopic (exact) mass is 267 g/mol. The molecule has 1 aliphatic carbocycles. The highest BCUT2D eigenvalue weighted by Gasteiger charge is 2.21. The first-order valence-corrected chi connectivity index (χ1v) is 7.78. The van der Waals surface area contributed by atoms with Crippen molar-refractivity contribution in [1.29, 1.82) is 0 Å². The third kappa shape index (κ3) is 2.21. The fourth-order valence-corrected chi connectivity index (χ4v) is 3.23. The van der Waals surface area contributed by atoms with Crippen LogP contribution in [0.15, 0.2) is 30.7 Å². The Balaban J connectivity index is 1.59. The van der Waals surface area contributed by atoms with Gasteiger partial charge in [0, 0.05) is 24.3 Å². The highest BCUT2D eigenvalue weighted by atomic mass is 15.0. The van der Waals surface area contributed by atoms with E-state index in [1.807, 2.05) is 12.5 Å². The molecule has 1 aliphatic heterocycles. The Hall–Kier alpha value is -1.77. The van der Waals surface area contributed by atoms with Gasteiger partial charge in [0.2, 0.25) is 0 Å². The van der Waals surface area contributed by atoms with Crippen LogP contribution in [0, 0.1) is 5.92 Å². The smallest absolute Gasteiger partial charge is 0.0950 e. The number of nitrogens with one attached hydrogen (secondary N) is 1. The first kappa shape index (κ1) is 12.0. The molecular formula is C17H21N3. The van der Waals surface area contributed by atoms with Crippen LogP contribution in [0.3, 0.4) is 0 Å². The predicted octanol–water partition coefficient (Wildman–Crippen LogP) is 3.71. The van der Waals surface area contributed by atoms with Gasteiger partial charge in [-0.15, -0.1) is 0 Å². The Morgan fingerprint density at radius 3 is 3.15 bits per heavy atom. The lowest BCUT2D eigenvalue weighted by Crippen LogP contribution is -2.01. The zero-order valence-corrected chi connectivity index (χ0v) is 11.8. The van der Waals surface area contributed by atoms with Crippen molar-refractivity contribution in [2.24, 2.45) is 5.92 Å². The summed E-state index contributed by atoms with van der Waals surface area (Å²) in [5.41, 5.74) is 5.32. The maximum atomic E-state index is 4.37. The van der Waals surface area contributed by atoms with Crippen LogP contribution in [0.5, 0.6) is 0 Å². The molecule has 1 aromatic carbocycles. The molecule has 3 nitrogen and oxygen atoms in total. The van der Waals surface area contributed by atoms with Crippen LogP contribution in [-0.2, 0) is 13.0 Å². The molecule has 0 saturated heterocycles. The summed E-state index contributed by atoms with van der Waals surface area (Å²) in [5, 5.41) is 3.53. The highest BCUT2D eigenvalue weighted by Crippen LogP contribution is 2.35. The van der Waals surface area contributed by atoms with Gasteiger partial charge in [0.1, 0.15) is 0 Å². The Labute approximate surface area is 120 Å². The van der Waals surface area contributed by atoms with E-state index in [9.17, 15) is 0 Å². The van der Waals surface area contributed by atoms with E-state index in [1.165, 1.54) is 48.2 Å². The topological polar surface area (TPSA) is 29.9 Å².